The van der Waals surface area contributed by atoms with Gasteiger partial charge in [0.2, 0.25) is 5.91 Å². The average Bonchev–Trinajstić information content (AvgIpc) is 2.50. The molecule has 4 heteroatoms. The van der Waals surface area contributed by atoms with Crippen molar-refractivity contribution in [2.45, 2.75) is 34.1 Å². The lowest BCUT2D eigenvalue weighted by Crippen LogP contribution is -2.37. The van der Waals surface area contributed by atoms with Crippen LogP contribution >= 0.6 is 0 Å². The molecule has 0 spiro atoms. The third kappa shape index (κ3) is 3.95. The van der Waals surface area contributed by atoms with E-state index in [1.807, 2.05) is 27.7 Å². The van der Waals surface area contributed by atoms with Gasteiger partial charge in [0, 0.05) is 29.2 Å². The molecule has 0 atom stereocenters. The molecule has 122 valence electrons. The van der Waals surface area contributed by atoms with Crippen molar-refractivity contribution in [3.63, 3.8) is 0 Å². The molecule has 0 heterocycles. The summed E-state index contributed by atoms with van der Waals surface area (Å²) >= 11 is 0. The van der Waals surface area contributed by atoms with Gasteiger partial charge in [0.25, 0.3) is 0 Å². The van der Waals surface area contributed by atoms with E-state index in [2.05, 4.69) is 5.32 Å². The molecule has 1 N–H and O–H groups in total. The Bertz CT molecular complexity index is 684. The van der Waals surface area contributed by atoms with Crippen LogP contribution < -0.4 is 5.32 Å². The minimum absolute atomic E-state index is 0.0107. The average molecular weight is 313 g/mol. The van der Waals surface area contributed by atoms with Crippen molar-refractivity contribution >= 4 is 17.5 Å². The second kappa shape index (κ2) is 6.49. The summed E-state index contributed by atoms with van der Waals surface area (Å²) in [6, 6.07) is 6.89. The number of carbonyl (C=O) groups excluding carboxylic acids is 3. The van der Waals surface area contributed by atoms with Crippen molar-refractivity contribution in [1.82, 2.24) is 5.32 Å². The van der Waals surface area contributed by atoms with Crippen molar-refractivity contribution in [2.24, 2.45) is 11.3 Å². The third-order valence-electron chi connectivity index (χ3n) is 3.97. The van der Waals surface area contributed by atoms with Crippen LogP contribution in [0.5, 0.6) is 0 Å². The topological polar surface area (TPSA) is 63.2 Å². The van der Waals surface area contributed by atoms with E-state index in [4.69, 9.17) is 0 Å². The maximum atomic E-state index is 12.6. The van der Waals surface area contributed by atoms with Gasteiger partial charge in [-0.15, -0.1) is 0 Å². The van der Waals surface area contributed by atoms with E-state index in [1.165, 1.54) is 6.08 Å². The van der Waals surface area contributed by atoms with E-state index in [0.717, 1.165) is 0 Å². The Kier molecular flexibility index (Phi) is 4.83. The first-order chi connectivity index (χ1) is 10.7. The standard InChI is InChI=1S/C19H23NO3/c1-12(2)18(23)20-11-19(3,4)10-13-9-16(21)14-7-5-6-8-15(14)17(13)22/h5-9,12H,10-11H2,1-4H3,(H,20,23). The number of Topliss-reactive ketones (excluding diaryl/α,β-unsaturated/α-hetero) is 1. The van der Waals surface area contributed by atoms with E-state index in [1.54, 1.807) is 24.3 Å². The molecule has 0 saturated carbocycles. The van der Waals surface area contributed by atoms with E-state index in [-0.39, 0.29) is 28.8 Å². The van der Waals surface area contributed by atoms with Gasteiger partial charge < -0.3 is 5.32 Å². The zero-order valence-corrected chi connectivity index (χ0v) is 14.1. The molecule has 1 aromatic rings. The van der Waals surface area contributed by atoms with Gasteiger partial charge in [-0.1, -0.05) is 52.0 Å². The predicted molar refractivity (Wildman–Crippen MR) is 89.4 cm³/mol. The second-order valence-electron chi connectivity index (χ2n) is 7.12. The Balaban J connectivity index is 2.12. The SMILES string of the molecule is CC(C)C(=O)NCC(C)(C)CC1=CC(=O)c2ccccc2C1=O. The fourth-order valence-electron chi connectivity index (χ4n) is 2.61. The molecule has 0 fully saturated rings. The second-order valence-corrected chi connectivity index (χ2v) is 7.12. The molecule has 4 nitrogen and oxygen atoms in total. The van der Waals surface area contributed by atoms with E-state index >= 15 is 0 Å². The molecule has 23 heavy (non-hydrogen) atoms. The highest BCUT2D eigenvalue weighted by Gasteiger charge is 2.30. The molecule has 0 saturated heterocycles. The number of fused-ring (bicyclic) bond motifs is 1. The summed E-state index contributed by atoms with van der Waals surface area (Å²) in [7, 11) is 0. The van der Waals surface area contributed by atoms with Crippen molar-refractivity contribution in [3.8, 4) is 0 Å². The third-order valence-corrected chi connectivity index (χ3v) is 3.97. The molecule has 1 aliphatic rings. The molecule has 1 amide bonds. The quantitative estimate of drug-likeness (QED) is 0.908. The van der Waals surface area contributed by atoms with Crippen LogP contribution in [-0.4, -0.2) is 24.0 Å². The van der Waals surface area contributed by atoms with Crippen LogP contribution in [0.25, 0.3) is 0 Å². The van der Waals surface area contributed by atoms with Gasteiger partial charge in [0.1, 0.15) is 0 Å². The summed E-state index contributed by atoms with van der Waals surface area (Å²) in [4.78, 5) is 36.5. The lowest BCUT2D eigenvalue weighted by Gasteiger charge is -2.27. The highest BCUT2D eigenvalue weighted by Crippen LogP contribution is 2.30. The van der Waals surface area contributed by atoms with Gasteiger partial charge in [-0.25, -0.2) is 0 Å². The van der Waals surface area contributed by atoms with Crippen molar-refractivity contribution in [2.75, 3.05) is 6.54 Å². The largest absolute Gasteiger partial charge is 0.355 e. The zero-order chi connectivity index (χ0) is 17.2. The number of amides is 1. The van der Waals surface area contributed by atoms with Gasteiger partial charge >= 0.3 is 0 Å². The first-order valence-corrected chi connectivity index (χ1v) is 7.87. The number of benzene rings is 1. The van der Waals surface area contributed by atoms with E-state index < -0.39 is 0 Å². The summed E-state index contributed by atoms with van der Waals surface area (Å²) in [5.41, 5.74) is 1.14. The summed E-state index contributed by atoms with van der Waals surface area (Å²) in [6.45, 7) is 8.10. The lowest BCUT2D eigenvalue weighted by molar-refractivity contribution is -0.124. The molecule has 0 aliphatic heterocycles. The molecule has 1 aromatic carbocycles. The summed E-state index contributed by atoms with van der Waals surface area (Å²) in [5, 5.41) is 2.89. The van der Waals surface area contributed by atoms with Crippen molar-refractivity contribution < 1.29 is 14.4 Å². The van der Waals surface area contributed by atoms with Crippen molar-refractivity contribution in [3.05, 3.63) is 47.0 Å². The van der Waals surface area contributed by atoms with E-state index in [9.17, 15) is 14.4 Å². The molecular formula is C19H23NO3. The Morgan fingerprint density at radius 1 is 1.13 bits per heavy atom. The first-order valence-electron chi connectivity index (χ1n) is 7.87. The highest BCUT2D eigenvalue weighted by molar-refractivity contribution is 6.24. The van der Waals surface area contributed by atoms with Crippen LogP contribution in [0.1, 0.15) is 54.8 Å². The Labute approximate surface area is 137 Å². The van der Waals surface area contributed by atoms with Crippen LogP contribution in [0.4, 0.5) is 0 Å². The van der Waals surface area contributed by atoms with Crippen LogP contribution in [0, 0.1) is 11.3 Å². The van der Waals surface area contributed by atoms with Gasteiger partial charge in [0.05, 0.1) is 0 Å². The molecule has 0 unspecified atom stereocenters. The van der Waals surface area contributed by atoms with Gasteiger partial charge in [-0.05, 0) is 17.9 Å². The van der Waals surface area contributed by atoms with Crippen molar-refractivity contribution in [1.29, 1.82) is 0 Å². The number of carbonyl (C=O) groups is 3. The van der Waals surface area contributed by atoms with Crippen LogP contribution in [0.15, 0.2) is 35.9 Å². The number of allylic oxidation sites excluding steroid dienone is 2. The smallest absolute Gasteiger partial charge is 0.222 e. The summed E-state index contributed by atoms with van der Waals surface area (Å²) < 4.78 is 0. The summed E-state index contributed by atoms with van der Waals surface area (Å²) in [5.74, 6) is -0.307. The van der Waals surface area contributed by atoms with Crippen LogP contribution in [0.2, 0.25) is 0 Å². The first kappa shape index (κ1) is 17.1. The Morgan fingerprint density at radius 3 is 2.35 bits per heavy atom. The Hall–Kier alpha value is -2.23. The zero-order valence-electron chi connectivity index (χ0n) is 14.1. The number of hydrogen-bond acceptors (Lipinski definition) is 3. The normalized spacial score (nSPS) is 14.6. The molecule has 0 bridgehead atoms. The minimum atomic E-state index is -0.307. The fourth-order valence-corrected chi connectivity index (χ4v) is 2.61. The number of rotatable bonds is 5. The highest BCUT2D eigenvalue weighted by atomic mass is 16.2. The fraction of sp³-hybridized carbons (Fsp3) is 0.421. The summed E-state index contributed by atoms with van der Waals surface area (Å²) in [6.07, 6.45) is 1.89. The monoisotopic (exact) mass is 313 g/mol. The minimum Gasteiger partial charge on any atom is -0.355 e. The number of nitrogens with one attached hydrogen (secondary N) is 1. The number of ketones is 2. The maximum absolute atomic E-state index is 12.6. The molecule has 2 rings (SSSR count). The lowest BCUT2D eigenvalue weighted by atomic mass is 9.79. The van der Waals surface area contributed by atoms with E-state index in [0.29, 0.717) is 29.7 Å². The van der Waals surface area contributed by atoms with Crippen LogP contribution in [0.3, 0.4) is 0 Å². The molecular weight excluding hydrogens is 290 g/mol. The maximum Gasteiger partial charge on any atom is 0.222 e. The molecule has 0 radical (unpaired) electrons. The van der Waals surface area contributed by atoms with Gasteiger partial charge in [0.15, 0.2) is 11.6 Å². The van der Waals surface area contributed by atoms with Gasteiger partial charge in [-0.2, -0.15) is 0 Å². The number of hydrogen-bond donors (Lipinski definition) is 1. The molecule has 1 aliphatic carbocycles. The predicted octanol–water partition coefficient (Wildman–Crippen LogP) is 3.18. The van der Waals surface area contributed by atoms with Gasteiger partial charge in [-0.3, -0.25) is 14.4 Å². The molecule has 0 aromatic heterocycles. The van der Waals surface area contributed by atoms with Crippen LogP contribution in [-0.2, 0) is 4.79 Å². The Morgan fingerprint density at radius 2 is 1.74 bits per heavy atom.